The van der Waals surface area contributed by atoms with Gasteiger partial charge in [-0.25, -0.2) is 0 Å². The number of nitrogens with zero attached hydrogens (tertiary/aromatic N) is 4. The zero-order chi connectivity index (χ0) is 26.0. The van der Waals surface area contributed by atoms with Crippen LogP contribution < -0.4 is 10.9 Å². The highest BCUT2D eigenvalue weighted by molar-refractivity contribution is 9.11. The van der Waals surface area contributed by atoms with Crippen molar-refractivity contribution in [2.45, 2.75) is 43.7 Å². The van der Waals surface area contributed by atoms with Crippen LogP contribution in [0.4, 0.5) is 0 Å². The van der Waals surface area contributed by atoms with E-state index in [1.807, 2.05) is 18.2 Å². The van der Waals surface area contributed by atoms with Crippen molar-refractivity contribution in [2.24, 2.45) is 0 Å². The van der Waals surface area contributed by atoms with Crippen LogP contribution in [0.5, 0.6) is 0 Å². The van der Waals surface area contributed by atoms with Crippen molar-refractivity contribution in [1.82, 2.24) is 19.6 Å². The van der Waals surface area contributed by atoms with E-state index in [-0.39, 0.29) is 23.1 Å². The molecule has 0 aliphatic carbocycles. The van der Waals surface area contributed by atoms with Crippen LogP contribution in [0.1, 0.15) is 47.3 Å². The normalized spacial score (nSPS) is 18.4. The third kappa shape index (κ3) is 5.36. The van der Waals surface area contributed by atoms with Gasteiger partial charge in [-0.15, -0.1) is 0 Å². The van der Waals surface area contributed by atoms with Crippen molar-refractivity contribution in [1.29, 1.82) is 5.26 Å². The highest BCUT2D eigenvalue weighted by Gasteiger charge is 2.39. The Labute approximate surface area is 231 Å². The van der Waals surface area contributed by atoms with Gasteiger partial charge in [0.25, 0.3) is 11.5 Å². The number of amides is 1. The lowest BCUT2D eigenvalue weighted by Crippen LogP contribution is -2.43. The molecule has 192 valence electrons. The number of halogens is 2. The SMILES string of the molecule is N#CC1(c2ncc(Br)cc2Br)CCN(Cc2cc(C(=O)NC3CCOCC3)c(=O)n3ccccc23)CC1. The average Bonchev–Trinajstić information content (AvgIpc) is 2.91. The minimum atomic E-state index is -0.666. The molecule has 3 aromatic rings. The number of carbonyl (C=O) groups excluding carboxylic acids is 1. The molecular weight excluding hydrogens is 602 g/mol. The molecule has 5 heterocycles. The highest BCUT2D eigenvalue weighted by atomic mass is 79.9. The molecule has 0 spiro atoms. The summed E-state index contributed by atoms with van der Waals surface area (Å²) in [5.74, 6) is -0.343. The van der Waals surface area contributed by atoms with Crippen molar-refractivity contribution >= 4 is 43.3 Å². The first-order chi connectivity index (χ1) is 17.9. The summed E-state index contributed by atoms with van der Waals surface area (Å²) in [6.07, 6.45) is 6.19. The number of hydrogen-bond acceptors (Lipinski definition) is 6. The third-order valence-corrected chi connectivity index (χ3v) is 8.37. The highest BCUT2D eigenvalue weighted by Crippen LogP contribution is 2.38. The summed E-state index contributed by atoms with van der Waals surface area (Å²) in [5, 5.41) is 13.2. The Kier molecular flexibility index (Phi) is 7.77. The lowest BCUT2D eigenvalue weighted by Gasteiger charge is -2.37. The molecule has 2 fully saturated rings. The molecule has 0 bridgehead atoms. The van der Waals surface area contributed by atoms with Crippen molar-refractivity contribution < 1.29 is 9.53 Å². The molecule has 37 heavy (non-hydrogen) atoms. The fourth-order valence-corrected chi connectivity index (χ4v) is 6.58. The monoisotopic (exact) mass is 627 g/mol. The van der Waals surface area contributed by atoms with Gasteiger partial charge in [-0.1, -0.05) is 6.07 Å². The molecule has 0 atom stereocenters. The van der Waals surface area contributed by atoms with Gasteiger partial charge in [0, 0.05) is 60.2 Å². The quantitative estimate of drug-likeness (QED) is 0.455. The van der Waals surface area contributed by atoms with E-state index in [0.29, 0.717) is 45.7 Å². The first kappa shape index (κ1) is 26.0. The molecule has 0 saturated carbocycles. The van der Waals surface area contributed by atoms with E-state index in [1.54, 1.807) is 28.9 Å². The van der Waals surface area contributed by atoms with Gasteiger partial charge < -0.3 is 10.1 Å². The maximum absolute atomic E-state index is 13.2. The van der Waals surface area contributed by atoms with Crippen LogP contribution in [0.25, 0.3) is 5.52 Å². The Balaban J connectivity index is 1.39. The molecule has 1 amide bonds. The van der Waals surface area contributed by atoms with Gasteiger partial charge in [0.15, 0.2) is 0 Å². The van der Waals surface area contributed by atoms with Gasteiger partial charge in [0.1, 0.15) is 11.0 Å². The van der Waals surface area contributed by atoms with Crippen LogP contribution in [0.15, 0.2) is 56.5 Å². The summed E-state index contributed by atoms with van der Waals surface area (Å²) in [6.45, 7) is 3.18. The summed E-state index contributed by atoms with van der Waals surface area (Å²) in [7, 11) is 0. The standard InChI is InChI=1S/C27H27Br2N5O3/c28-19-14-22(29)24(31-15-19)27(17-30)6-9-33(10-7-27)16-18-13-21(25(35)32-20-4-11-37-12-5-20)26(36)34-8-2-1-3-23(18)34/h1-3,8,13-15,20H,4-7,9-12,16H2,(H,32,35). The fourth-order valence-electron chi connectivity index (χ4n) is 5.22. The predicted octanol–water partition coefficient (Wildman–Crippen LogP) is 4.19. The second kappa shape index (κ2) is 11.0. The van der Waals surface area contributed by atoms with Crippen LogP contribution in [-0.4, -0.2) is 52.5 Å². The number of rotatable bonds is 5. The number of likely N-dealkylation sites (tertiary alicyclic amines) is 1. The van der Waals surface area contributed by atoms with Gasteiger partial charge in [-0.3, -0.25) is 23.9 Å². The van der Waals surface area contributed by atoms with Crippen molar-refractivity contribution in [3.63, 3.8) is 0 Å². The number of ether oxygens (including phenoxy) is 1. The lowest BCUT2D eigenvalue weighted by atomic mass is 9.76. The number of nitriles is 1. The first-order valence-corrected chi connectivity index (χ1v) is 14.0. The maximum atomic E-state index is 13.2. The van der Waals surface area contributed by atoms with E-state index in [2.05, 4.69) is 53.1 Å². The average molecular weight is 629 g/mol. The van der Waals surface area contributed by atoms with E-state index in [0.717, 1.165) is 38.6 Å². The number of carbonyl (C=O) groups is 1. The van der Waals surface area contributed by atoms with E-state index in [4.69, 9.17) is 4.74 Å². The van der Waals surface area contributed by atoms with Crippen LogP contribution in [-0.2, 0) is 16.7 Å². The third-order valence-electron chi connectivity index (χ3n) is 7.34. The van der Waals surface area contributed by atoms with Crippen molar-refractivity contribution in [3.05, 3.63) is 78.8 Å². The van der Waals surface area contributed by atoms with E-state index in [1.165, 1.54) is 0 Å². The summed E-state index contributed by atoms with van der Waals surface area (Å²) in [4.78, 5) is 33.2. The predicted molar refractivity (Wildman–Crippen MR) is 146 cm³/mol. The fraction of sp³-hybridized carbons (Fsp3) is 0.407. The summed E-state index contributed by atoms with van der Waals surface area (Å²) >= 11 is 7.02. The van der Waals surface area contributed by atoms with Crippen LogP contribution in [0.3, 0.4) is 0 Å². The Morgan fingerprint density at radius 2 is 1.97 bits per heavy atom. The summed E-state index contributed by atoms with van der Waals surface area (Å²) in [5.41, 5.74) is 1.62. The molecule has 0 aromatic carbocycles. The van der Waals surface area contributed by atoms with Gasteiger partial charge in [-0.2, -0.15) is 5.26 Å². The second-order valence-electron chi connectivity index (χ2n) is 9.66. The molecule has 0 radical (unpaired) electrons. The van der Waals surface area contributed by atoms with Crippen LogP contribution in [0, 0.1) is 11.3 Å². The van der Waals surface area contributed by atoms with Gasteiger partial charge >= 0.3 is 0 Å². The molecule has 1 N–H and O–H groups in total. The summed E-state index contributed by atoms with van der Waals surface area (Å²) < 4.78 is 8.62. The Morgan fingerprint density at radius 3 is 2.68 bits per heavy atom. The molecule has 10 heteroatoms. The zero-order valence-electron chi connectivity index (χ0n) is 20.3. The molecule has 8 nitrogen and oxygen atoms in total. The molecule has 5 rings (SSSR count). The van der Waals surface area contributed by atoms with E-state index in [9.17, 15) is 14.9 Å². The Hall–Kier alpha value is -2.58. The minimum Gasteiger partial charge on any atom is -0.381 e. The van der Waals surface area contributed by atoms with Crippen molar-refractivity contribution in [2.75, 3.05) is 26.3 Å². The largest absolute Gasteiger partial charge is 0.381 e. The Bertz CT molecular complexity index is 1420. The van der Waals surface area contributed by atoms with Gasteiger partial charge in [0.05, 0.1) is 17.3 Å². The maximum Gasteiger partial charge on any atom is 0.267 e. The number of nitrogens with one attached hydrogen (secondary N) is 1. The second-order valence-corrected chi connectivity index (χ2v) is 11.4. The van der Waals surface area contributed by atoms with Gasteiger partial charge in [0.2, 0.25) is 0 Å². The molecule has 2 aliphatic rings. The number of aromatic nitrogens is 2. The van der Waals surface area contributed by atoms with Crippen molar-refractivity contribution in [3.8, 4) is 6.07 Å². The minimum absolute atomic E-state index is 0.00770. The Morgan fingerprint density at radius 1 is 1.22 bits per heavy atom. The zero-order valence-corrected chi connectivity index (χ0v) is 23.4. The molecular formula is C27H27Br2N5O3. The summed E-state index contributed by atoms with van der Waals surface area (Å²) in [6, 6.07) is 11.8. The van der Waals surface area contributed by atoms with Crippen LogP contribution >= 0.6 is 31.9 Å². The van der Waals surface area contributed by atoms with Crippen LogP contribution in [0.2, 0.25) is 0 Å². The number of piperidine rings is 1. The number of pyridine rings is 3. The molecule has 3 aromatic heterocycles. The van der Waals surface area contributed by atoms with Gasteiger partial charge in [-0.05, 0) is 87.4 Å². The first-order valence-electron chi connectivity index (χ1n) is 12.4. The number of hydrogen-bond donors (Lipinski definition) is 1. The molecule has 0 unspecified atom stereocenters. The van der Waals surface area contributed by atoms with E-state index < -0.39 is 5.41 Å². The lowest BCUT2D eigenvalue weighted by molar-refractivity contribution is 0.0695. The topological polar surface area (TPSA) is 99.7 Å². The smallest absolute Gasteiger partial charge is 0.267 e. The molecule has 2 aliphatic heterocycles. The number of fused-ring (bicyclic) bond motifs is 1. The van der Waals surface area contributed by atoms with E-state index >= 15 is 0 Å². The molecule has 2 saturated heterocycles.